The molecular weight excluding hydrogens is 264 g/mol. The Morgan fingerprint density at radius 2 is 1.90 bits per heavy atom. The predicted molar refractivity (Wildman–Crippen MR) is 91.2 cm³/mol. The molecule has 1 fully saturated rings. The van der Waals surface area contributed by atoms with Crippen molar-refractivity contribution in [2.45, 2.75) is 58.4 Å². The van der Waals surface area contributed by atoms with Gasteiger partial charge in [-0.2, -0.15) is 0 Å². The molecule has 0 aliphatic heterocycles. The van der Waals surface area contributed by atoms with E-state index in [1.165, 1.54) is 37.7 Å². The molecule has 1 aliphatic carbocycles. The number of hydrogen-bond acceptors (Lipinski definition) is 1. The second kappa shape index (κ2) is 7.63. The van der Waals surface area contributed by atoms with E-state index >= 15 is 0 Å². The fraction of sp³-hybridized carbons (Fsp3) is 0.588. The first-order valence-corrected chi connectivity index (χ1v) is 8.26. The average molecular weight is 290 g/mol. The van der Waals surface area contributed by atoms with Crippen LogP contribution in [0, 0.1) is 5.92 Å². The van der Waals surface area contributed by atoms with Gasteiger partial charge in [0, 0.05) is 11.7 Å². The van der Waals surface area contributed by atoms with Crippen LogP contribution < -0.4 is 10.6 Å². The molecule has 0 saturated heterocycles. The molecule has 1 aliphatic rings. The van der Waals surface area contributed by atoms with Crippen molar-refractivity contribution in [3.63, 3.8) is 0 Å². The zero-order chi connectivity index (χ0) is 14.4. The lowest BCUT2D eigenvalue weighted by Gasteiger charge is -2.30. The fourth-order valence-electron chi connectivity index (χ4n) is 2.91. The maximum absolute atomic E-state index is 5.43. The maximum Gasteiger partial charge on any atom is 0.171 e. The Kier molecular flexibility index (Phi) is 5.84. The van der Waals surface area contributed by atoms with Crippen LogP contribution in [-0.2, 0) is 6.42 Å². The monoisotopic (exact) mass is 290 g/mol. The van der Waals surface area contributed by atoms with Gasteiger partial charge in [0.1, 0.15) is 0 Å². The molecule has 2 atom stereocenters. The first-order chi connectivity index (χ1) is 9.69. The van der Waals surface area contributed by atoms with Crippen molar-refractivity contribution in [2.24, 2.45) is 5.92 Å². The lowest BCUT2D eigenvalue weighted by molar-refractivity contribution is 0.309. The van der Waals surface area contributed by atoms with Crippen LogP contribution >= 0.6 is 12.2 Å². The summed E-state index contributed by atoms with van der Waals surface area (Å²) in [4.78, 5) is 0. The van der Waals surface area contributed by atoms with Gasteiger partial charge in [0.15, 0.2) is 5.11 Å². The summed E-state index contributed by atoms with van der Waals surface area (Å²) in [5, 5.41) is 7.53. The van der Waals surface area contributed by atoms with Gasteiger partial charge in [0.2, 0.25) is 0 Å². The van der Waals surface area contributed by atoms with Gasteiger partial charge >= 0.3 is 0 Å². The highest BCUT2D eigenvalue weighted by Gasteiger charge is 2.21. The van der Waals surface area contributed by atoms with Crippen LogP contribution in [0.5, 0.6) is 0 Å². The van der Waals surface area contributed by atoms with Crippen LogP contribution in [0.1, 0.15) is 51.5 Å². The van der Waals surface area contributed by atoms with Gasteiger partial charge in [-0.25, -0.2) is 0 Å². The maximum atomic E-state index is 5.43. The Hall–Kier alpha value is -1.09. The quantitative estimate of drug-likeness (QED) is 0.798. The lowest BCUT2D eigenvalue weighted by atomic mass is 9.86. The van der Waals surface area contributed by atoms with Gasteiger partial charge in [-0.1, -0.05) is 45.2 Å². The Labute approximate surface area is 128 Å². The smallest absolute Gasteiger partial charge is 0.171 e. The van der Waals surface area contributed by atoms with Crippen molar-refractivity contribution in [3.05, 3.63) is 29.8 Å². The molecular formula is C17H26N2S. The summed E-state index contributed by atoms with van der Waals surface area (Å²) >= 11 is 5.43. The third-order valence-corrected chi connectivity index (χ3v) is 4.40. The number of rotatable bonds is 4. The highest BCUT2D eigenvalue weighted by Crippen LogP contribution is 2.23. The van der Waals surface area contributed by atoms with Crippen molar-refractivity contribution in [1.82, 2.24) is 5.32 Å². The average Bonchev–Trinajstić information content (AvgIpc) is 2.44. The molecule has 2 nitrogen and oxygen atoms in total. The number of thiocarbonyl (C=S) groups is 1. The highest BCUT2D eigenvalue weighted by atomic mass is 32.1. The van der Waals surface area contributed by atoms with Crippen LogP contribution in [-0.4, -0.2) is 11.2 Å². The van der Waals surface area contributed by atoms with Crippen molar-refractivity contribution >= 4 is 23.0 Å². The van der Waals surface area contributed by atoms with E-state index in [1.807, 2.05) is 0 Å². The minimum atomic E-state index is 0.531. The van der Waals surface area contributed by atoms with Crippen molar-refractivity contribution < 1.29 is 0 Å². The first kappa shape index (κ1) is 15.3. The minimum absolute atomic E-state index is 0.531. The predicted octanol–water partition coefficient (Wildman–Crippen LogP) is 4.50. The summed E-state index contributed by atoms with van der Waals surface area (Å²) in [6, 6.07) is 9.12. The molecule has 0 spiro atoms. The normalized spacial score (nSPS) is 22.3. The van der Waals surface area contributed by atoms with E-state index in [2.05, 4.69) is 48.7 Å². The van der Waals surface area contributed by atoms with Crippen molar-refractivity contribution in [3.8, 4) is 0 Å². The Morgan fingerprint density at radius 3 is 2.55 bits per heavy atom. The van der Waals surface area contributed by atoms with Gasteiger partial charge in [-0.05, 0) is 55.1 Å². The van der Waals surface area contributed by atoms with E-state index in [9.17, 15) is 0 Å². The standard InChI is InChI=1S/C17H26N2S/c1-3-6-14-9-11-15(12-10-14)18-17(20)19-16-8-5-4-7-13(16)2/h9-13,16H,3-8H2,1-2H3,(H2,18,19,20)/t13-,16+/m1/s1. The number of nitrogens with one attached hydrogen (secondary N) is 2. The fourth-order valence-corrected chi connectivity index (χ4v) is 3.18. The Morgan fingerprint density at radius 1 is 1.20 bits per heavy atom. The largest absolute Gasteiger partial charge is 0.359 e. The zero-order valence-corrected chi connectivity index (χ0v) is 13.4. The summed E-state index contributed by atoms with van der Waals surface area (Å²) in [7, 11) is 0. The summed E-state index contributed by atoms with van der Waals surface area (Å²) < 4.78 is 0. The van der Waals surface area contributed by atoms with Gasteiger partial charge in [0.05, 0.1) is 0 Å². The molecule has 0 amide bonds. The van der Waals surface area contributed by atoms with E-state index in [4.69, 9.17) is 12.2 Å². The molecule has 0 bridgehead atoms. The summed E-state index contributed by atoms with van der Waals surface area (Å²) in [6.07, 6.45) is 7.55. The summed E-state index contributed by atoms with van der Waals surface area (Å²) in [5.41, 5.74) is 2.46. The molecule has 0 aromatic heterocycles. The van der Waals surface area contributed by atoms with Gasteiger partial charge in [-0.15, -0.1) is 0 Å². The number of anilines is 1. The number of benzene rings is 1. The summed E-state index contributed by atoms with van der Waals surface area (Å²) in [5.74, 6) is 0.718. The third-order valence-electron chi connectivity index (χ3n) is 4.18. The van der Waals surface area contributed by atoms with E-state index < -0.39 is 0 Å². The molecule has 1 saturated carbocycles. The Balaban J connectivity index is 1.84. The van der Waals surface area contributed by atoms with E-state index in [0.29, 0.717) is 6.04 Å². The van der Waals surface area contributed by atoms with Crippen molar-refractivity contribution in [1.29, 1.82) is 0 Å². The second-order valence-electron chi connectivity index (χ2n) is 5.91. The molecule has 0 heterocycles. The second-order valence-corrected chi connectivity index (χ2v) is 6.32. The molecule has 20 heavy (non-hydrogen) atoms. The molecule has 110 valence electrons. The van der Waals surface area contributed by atoms with Crippen LogP contribution in [0.4, 0.5) is 5.69 Å². The Bertz CT molecular complexity index is 427. The molecule has 1 aromatic rings. The molecule has 3 heteroatoms. The number of aryl methyl sites for hydroxylation is 1. The van der Waals surface area contributed by atoms with Crippen LogP contribution in [0.3, 0.4) is 0 Å². The van der Waals surface area contributed by atoms with E-state index in [1.54, 1.807) is 0 Å². The van der Waals surface area contributed by atoms with Crippen LogP contribution in [0.25, 0.3) is 0 Å². The van der Waals surface area contributed by atoms with Crippen molar-refractivity contribution in [2.75, 3.05) is 5.32 Å². The zero-order valence-electron chi connectivity index (χ0n) is 12.6. The SMILES string of the molecule is CCCc1ccc(NC(=S)N[C@H]2CCCC[C@H]2C)cc1. The number of hydrogen-bond donors (Lipinski definition) is 2. The summed E-state index contributed by atoms with van der Waals surface area (Å²) in [6.45, 7) is 4.52. The van der Waals surface area contributed by atoms with E-state index in [-0.39, 0.29) is 0 Å². The minimum Gasteiger partial charge on any atom is -0.359 e. The highest BCUT2D eigenvalue weighted by molar-refractivity contribution is 7.80. The lowest BCUT2D eigenvalue weighted by Crippen LogP contribution is -2.43. The van der Waals surface area contributed by atoms with Gasteiger partial charge in [0.25, 0.3) is 0 Å². The topological polar surface area (TPSA) is 24.1 Å². The third kappa shape index (κ3) is 4.48. The van der Waals surface area contributed by atoms with Gasteiger partial charge in [-0.3, -0.25) is 0 Å². The van der Waals surface area contributed by atoms with Crippen LogP contribution in [0.2, 0.25) is 0 Å². The van der Waals surface area contributed by atoms with E-state index in [0.717, 1.165) is 23.1 Å². The molecule has 0 radical (unpaired) electrons. The molecule has 1 aromatic carbocycles. The molecule has 2 rings (SSSR count). The first-order valence-electron chi connectivity index (χ1n) is 7.85. The van der Waals surface area contributed by atoms with Gasteiger partial charge < -0.3 is 10.6 Å². The van der Waals surface area contributed by atoms with Crippen LogP contribution in [0.15, 0.2) is 24.3 Å². The molecule has 0 unspecified atom stereocenters. The molecule has 2 N–H and O–H groups in total.